The zero-order chi connectivity index (χ0) is 23.9. The number of rotatable bonds is 8. The van der Waals surface area contributed by atoms with Crippen molar-refractivity contribution in [3.8, 4) is 17.1 Å². The summed E-state index contributed by atoms with van der Waals surface area (Å²) < 4.78 is 1.90. The van der Waals surface area contributed by atoms with Crippen molar-refractivity contribution in [2.45, 2.75) is 12.1 Å². The third kappa shape index (κ3) is 5.65. The van der Waals surface area contributed by atoms with Crippen LogP contribution in [0.3, 0.4) is 0 Å². The topological polar surface area (TPSA) is 88.9 Å². The second kappa shape index (κ2) is 11.0. The number of anilines is 1. The molecule has 0 saturated carbocycles. The highest BCUT2D eigenvalue weighted by atomic mass is 35.5. The lowest BCUT2D eigenvalue weighted by Gasteiger charge is -2.11. The number of aromatic nitrogens is 3. The van der Waals surface area contributed by atoms with Gasteiger partial charge in [-0.3, -0.25) is 14.2 Å². The molecule has 2 N–H and O–H groups in total. The molecule has 0 unspecified atom stereocenters. The van der Waals surface area contributed by atoms with E-state index in [2.05, 4.69) is 20.8 Å². The van der Waals surface area contributed by atoms with Crippen molar-refractivity contribution in [3.63, 3.8) is 0 Å². The third-order valence-corrected chi connectivity index (χ3v) is 6.01. The lowest BCUT2D eigenvalue weighted by atomic mass is 10.2. The molecule has 0 saturated heterocycles. The van der Waals surface area contributed by atoms with Gasteiger partial charge in [0.15, 0.2) is 11.0 Å². The normalized spacial score (nSPS) is 10.6. The summed E-state index contributed by atoms with van der Waals surface area (Å²) in [6.07, 6.45) is 0. The third-order valence-electron chi connectivity index (χ3n) is 4.83. The molecule has 4 aromatic rings. The Morgan fingerprint density at radius 2 is 1.74 bits per heavy atom. The number of benzene rings is 3. The van der Waals surface area contributed by atoms with Gasteiger partial charge in [-0.1, -0.05) is 59.8 Å². The van der Waals surface area contributed by atoms with Crippen LogP contribution in [0.5, 0.6) is 0 Å². The summed E-state index contributed by atoms with van der Waals surface area (Å²) in [4.78, 5) is 24.7. The molecule has 0 aliphatic rings. The minimum absolute atomic E-state index is 0.117. The molecule has 0 bridgehead atoms. The summed E-state index contributed by atoms with van der Waals surface area (Å²) in [7, 11) is 0. The van der Waals surface area contributed by atoms with E-state index in [1.165, 1.54) is 11.8 Å². The van der Waals surface area contributed by atoms with Gasteiger partial charge in [0, 0.05) is 34.1 Å². The summed E-state index contributed by atoms with van der Waals surface area (Å²) in [5.74, 6) is 0.384. The summed E-state index contributed by atoms with van der Waals surface area (Å²) >= 11 is 7.35. The highest BCUT2D eigenvalue weighted by Gasteiger charge is 2.17. The van der Waals surface area contributed by atoms with Crippen molar-refractivity contribution < 1.29 is 9.59 Å². The summed E-state index contributed by atoms with van der Waals surface area (Å²) in [5.41, 5.74) is 2.79. The number of hydrogen-bond acceptors (Lipinski definition) is 5. The molecule has 172 valence electrons. The van der Waals surface area contributed by atoms with Crippen LogP contribution in [0.1, 0.15) is 17.3 Å². The highest BCUT2D eigenvalue weighted by molar-refractivity contribution is 7.99. The van der Waals surface area contributed by atoms with Gasteiger partial charge in [0.05, 0.1) is 5.75 Å². The van der Waals surface area contributed by atoms with Crippen molar-refractivity contribution in [1.29, 1.82) is 0 Å². The van der Waals surface area contributed by atoms with Gasteiger partial charge in [0.1, 0.15) is 0 Å². The van der Waals surface area contributed by atoms with Crippen LogP contribution in [0.15, 0.2) is 84.0 Å². The molecule has 0 fully saturated rings. The van der Waals surface area contributed by atoms with Crippen molar-refractivity contribution in [2.24, 2.45) is 0 Å². The number of hydrogen-bond donors (Lipinski definition) is 2. The minimum Gasteiger partial charge on any atom is -0.352 e. The number of halogens is 1. The van der Waals surface area contributed by atoms with Crippen LogP contribution >= 0.6 is 23.4 Å². The number of thioether (sulfide) groups is 1. The first-order valence-corrected chi connectivity index (χ1v) is 12.0. The maximum atomic E-state index is 12.7. The molecule has 9 heteroatoms. The Labute approximate surface area is 206 Å². The SMILES string of the molecule is CCNC(=O)c1cccc(NC(=O)CSc2nnc(-c3ccccc3)n2-c2ccc(Cl)cc2)c1. The number of nitrogens with zero attached hydrogens (tertiary/aromatic N) is 3. The quantitative estimate of drug-likeness (QED) is 0.336. The number of carbonyl (C=O) groups excluding carboxylic acids is 2. The first-order chi connectivity index (χ1) is 16.5. The zero-order valence-corrected chi connectivity index (χ0v) is 19.9. The summed E-state index contributed by atoms with van der Waals surface area (Å²) in [6.45, 7) is 2.39. The molecule has 1 aromatic heterocycles. The lowest BCUT2D eigenvalue weighted by molar-refractivity contribution is -0.113. The fraction of sp³-hybridized carbons (Fsp3) is 0.120. The molecule has 7 nitrogen and oxygen atoms in total. The predicted octanol–water partition coefficient (Wildman–Crippen LogP) is 5.07. The van der Waals surface area contributed by atoms with Crippen molar-refractivity contribution in [1.82, 2.24) is 20.1 Å². The largest absolute Gasteiger partial charge is 0.352 e. The van der Waals surface area contributed by atoms with Gasteiger partial charge >= 0.3 is 0 Å². The van der Waals surface area contributed by atoms with E-state index < -0.39 is 0 Å². The summed E-state index contributed by atoms with van der Waals surface area (Å²) in [6, 6.07) is 23.9. The Morgan fingerprint density at radius 3 is 2.47 bits per heavy atom. The van der Waals surface area contributed by atoms with Crippen LogP contribution in [0.4, 0.5) is 5.69 Å². The highest BCUT2D eigenvalue weighted by Crippen LogP contribution is 2.28. The number of carbonyl (C=O) groups is 2. The molecule has 0 aliphatic carbocycles. The van der Waals surface area contributed by atoms with Crippen LogP contribution in [-0.4, -0.2) is 38.9 Å². The van der Waals surface area contributed by atoms with Gasteiger partial charge in [-0.15, -0.1) is 10.2 Å². The van der Waals surface area contributed by atoms with E-state index in [1.54, 1.807) is 36.4 Å². The van der Waals surface area contributed by atoms with E-state index in [0.29, 0.717) is 33.8 Å². The average molecular weight is 492 g/mol. The van der Waals surface area contributed by atoms with Crippen LogP contribution in [-0.2, 0) is 4.79 Å². The van der Waals surface area contributed by atoms with Crippen molar-refractivity contribution >= 4 is 40.9 Å². The Hall–Kier alpha value is -3.62. The molecular formula is C25H22ClN5O2S. The maximum Gasteiger partial charge on any atom is 0.251 e. The van der Waals surface area contributed by atoms with Gasteiger partial charge in [0.2, 0.25) is 5.91 Å². The Balaban J connectivity index is 1.52. The smallest absolute Gasteiger partial charge is 0.251 e. The van der Waals surface area contributed by atoms with E-state index in [0.717, 1.165) is 11.3 Å². The van der Waals surface area contributed by atoms with Crippen molar-refractivity contribution in [2.75, 3.05) is 17.6 Å². The van der Waals surface area contributed by atoms with Crippen LogP contribution < -0.4 is 10.6 Å². The molecule has 3 aromatic carbocycles. The Kier molecular flexibility index (Phi) is 7.61. The van der Waals surface area contributed by atoms with E-state index in [-0.39, 0.29) is 17.6 Å². The van der Waals surface area contributed by atoms with E-state index in [1.807, 2.05) is 54.0 Å². The average Bonchev–Trinajstić information content (AvgIpc) is 3.28. The van der Waals surface area contributed by atoms with Gasteiger partial charge in [0.25, 0.3) is 5.91 Å². The van der Waals surface area contributed by atoms with Crippen molar-refractivity contribution in [3.05, 3.63) is 89.4 Å². The second-order valence-electron chi connectivity index (χ2n) is 7.26. The van der Waals surface area contributed by atoms with Crippen LogP contribution in [0.25, 0.3) is 17.1 Å². The molecule has 0 spiro atoms. The predicted molar refractivity (Wildman–Crippen MR) is 136 cm³/mol. The number of nitrogens with one attached hydrogen (secondary N) is 2. The molecule has 2 amide bonds. The molecule has 1 heterocycles. The molecule has 0 atom stereocenters. The fourth-order valence-corrected chi connectivity index (χ4v) is 4.17. The maximum absolute atomic E-state index is 12.7. The second-order valence-corrected chi connectivity index (χ2v) is 8.64. The molecule has 0 radical (unpaired) electrons. The van der Waals surface area contributed by atoms with Gasteiger partial charge in [-0.25, -0.2) is 0 Å². The zero-order valence-electron chi connectivity index (χ0n) is 18.4. The molecule has 4 rings (SSSR count). The molecule has 34 heavy (non-hydrogen) atoms. The van der Waals surface area contributed by atoms with Crippen LogP contribution in [0, 0.1) is 0 Å². The first kappa shape index (κ1) is 23.5. The van der Waals surface area contributed by atoms with Gasteiger partial charge < -0.3 is 10.6 Å². The number of amides is 2. The lowest BCUT2D eigenvalue weighted by Crippen LogP contribution is -2.23. The van der Waals surface area contributed by atoms with E-state index in [9.17, 15) is 9.59 Å². The Bertz CT molecular complexity index is 1290. The van der Waals surface area contributed by atoms with E-state index >= 15 is 0 Å². The fourth-order valence-electron chi connectivity index (χ4n) is 3.29. The minimum atomic E-state index is -0.218. The molecular weight excluding hydrogens is 470 g/mol. The monoisotopic (exact) mass is 491 g/mol. The first-order valence-electron chi connectivity index (χ1n) is 10.6. The standard InChI is InChI=1S/C25H22ClN5O2S/c1-2-27-24(33)18-9-6-10-20(15-18)28-22(32)16-34-25-30-29-23(17-7-4-3-5-8-17)31(25)21-13-11-19(26)12-14-21/h3-15H,2,16H2,1H3,(H,27,33)(H,28,32). The summed E-state index contributed by atoms with van der Waals surface area (Å²) in [5, 5.41) is 15.5. The Morgan fingerprint density at radius 1 is 0.971 bits per heavy atom. The van der Waals surface area contributed by atoms with Gasteiger partial charge in [-0.2, -0.15) is 0 Å². The van der Waals surface area contributed by atoms with E-state index in [4.69, 9.17) is 11.6 Å². The van der Waals surface area contributed by atoms with Crippen LogP contribution in [0.2, 0.25) is 5.02 Å². The van der Waals surface area contributed by atoms with Gasteiger partial charge in [-0.05, 0) is 49.4 Å². The molecule has 0 aliphatic heterocycles.